The Hall–Kier alpha value is -3.87. The van der Waals surface area contributed by atoms with Crippen molar-refractivity contribution in [2.75, 3.05) is 45.8 Å². The monoisotopic (exact) mass is 558 g/mol. The van der Waals surface area contributed by atoms with E-state index < -0.39 is 0 Å². The molecule has 3 aromatic rings. The summed E-state index contributed by atoms with van der Waals surface area (Å²) < 4.78 is 13.6. The number of benzene rings is 3. The third kappa shape index (κ3) is 6.09. The molecule has 218 valence electrons. The fourth-order valence-corrected chi connectivity index (χ4v) is 5.97. The Morgan fingerprint density at radius 1 is 0.780 bits per heavy atom. The van der Waals surface area contributed by atoms with Gasteiger partial charge in [-0.15, -0.1) is 0 Å². The van der Waals surface area contributed by atoms with Gasteiger partial charge in [-0.05, 0) is 108 Å². The summed E-state index contributed by atoms with van der Waals surface area (Å²) in [5, 5.41) is 0. The summed E-state index contributed by atoms with van der Waals surface area (Å²) in [6.45, 7) is 15.9. The molecule has 6 nitrogen and oxygen atoms in total. The van der Waals surface area contributed by atoms with E-state index in [1.165, 1.54) is 24.3 Å². The van der Waals surface area contributed by atoms with E-state index in [2.05, 4.69) is 61.8 Å². The highest BCUT2D eigenvalue weighted by Gasteiger charge is 2.39. The molecule has 1 heterocycles. The lowest BCUT2D eigenvalue weighted by atomic mass is 9.88. The lowest BCUT2D eigenvalue weighted by Gasteiger charge is -2.44. The number of nitrogens with zero attached hydrogens (tertiary/aromatic N) is 4. The van der Waals surface area contributed by atoms with E-state index in [0.717, 1.165) is 54.5 Å². The smallest absolute Gasteiger partial charge is 0.258 e. The highest BCUT2D eigenvalue weighted by atomic mass is 19.1. The minimum atomic E-state index is -0.377. The van der Waals surface area contributed by atoms with Gasteiger partial charge in [-0.25, -0.2) is 4.39 Å². The summed E-state index contributed by atoms with van der Waals surface area (Å²) in [7, 11) is 0. The van der Waals surface area contributed by atoms with Crippen LogP contribution >= 0.6 is 0 Å². The molecular formula is C34H43FN4O2. The molecule has 0 fully saturated rings. The molecule has 4 rings (SSSR count). The molecule has 0 saturated carbocycles. The molecule has 2 atom stereocenters. The van der Waals surface area contributed by atoms with Gasteiger partial charge in [0.05, 0.1) is 6.04 Å². The third-order valence-electron chi connectivity index (χ3n) is 8.21. The number of carbonyl (C=O) groups excluding carboxylic acids is 2. The first-order valence-electron chi connectivity index (χ1n) is 14.9. The van der Waals surface area contributed by atoms with Crippen LogP contribution in [-0.4, -0.2) is 44.0 Å². The second-order valence-corrected chi connectivity index (χ2v) is 10.5. The Morgan fingerprint density at radius 3 is 1.88 bits per heavy atom. The van der Waals surface area contributed by atoms with Crippen molar-refractivity contribution in [2.45, 2.75) is 66.5 Å². The second-order valence-electron chi connectivity index (χ2n) is 10.5. The maximum absolute atomic E-state index is 13.8. The van der Waals surface area contributed by atoms with Crippen molar-refractivity contribution in [3.63, 3.8) is 0 Å². The lowest BCUT2D eigenvalue weighted by Crippen LogP contribution is -2.48. The molecule has 0 aromatic heterocycles. The summed E-state index contributed by atoms with van der Waals surface area (Å²) in [4.78, 5) is 35.7. The Kier molecular flexibility index (Phi) is 9.69. The number of amides is 2. The fourth-order valence-electron chi connectivity index (χ4n) is 5.97. The van der Waals surface area contributed by atoms with Crippen LogP contribution in [0.25, 0.3) is 0 Å². The van der Waals surface area contributed by atoms with Crippen LogP contribution in [0, 0.1) is 5.82 Å². The molecule has 0 N–H and O–H groups in total. The van der Waals surface area contributed by atoms with Crippen LogP contribution in [0.5, 0.6) is 0 Å². The van der Waals surface area contributed by atoms with Gasteiger partial charge in [0.15, 0.2) is 0 Å². The van der Waals surface area contributed by atoms with E-state index >= 15 is 0 Å². The molecule has 3 aromatic carbocycles. The standard InChI is InChI=1S/C34H43FN4O2/c1-7-33(40)39(28-18-16-27(17-19-28)36(8-2)9-3)32-22-24(6)38(34(41)25-12-14-26(35)15-13-25)31-21-20-29(23-30(31)32)37(10-4)11-5/h12-21,23-24,32H,7-11,22H2,1-6H3. The first kappa shape index (κ1) is 30.1. The Balaban J connectivity index is 1.85. The number of halogens is 1. The molecule has 0 aliphatic carbocycles. The van der Waals surface area contributed by atoms with Crippen molar-refractivity contribution < 1.29 is 14.0 Å². The zero-order valence-corrected chi connectivity index (χ0v) is 25.2. The van der Waals surface area contributed by atoms with Crippen LogP contribution in [0.15, 0.2) is 66.7 Å². The number of anilines is 4. The van der Waals surface area contributed by atoms with Gasteiger partial charge >= 0.3 is 0 Å². The van der Waals surface area contributed by atoms with Gasteiger partial charge in [0.25, 0.3) is 5.91 Å². The summed E-state index contributed by atoms with van der Waals surface area (Å²) in [6.07, 6.45) is 0.942. The van der Waals surface area contributed by atoms with Crippen molar-refractivity contribution >= 4 is 34.6 Å². The van der Waals surface area contributed by atoms with Crippen LogP contribution in [0.4, 0.5) is 27.1 Å². The SMILES string of the molecule is CCC(=O)N(c1ccc(N(CC)CC)cc1)C1CC(C)N(C(=O)c2ccc(F)cc2)c2ccc(N(CC)CC)cc21. The molecule has 0 bridgehead atoms. The molecule has 1 aliphatic heterocycles. The normalized spacial score (nSPS) is 16.2. The van der Waals surface area contributed by atoms with Crippen molar-refractivity contribution in [3.8, 4) is 0 Å². The average Bonchev–Trinajstić information content (AvgIpc) is 2.99. The quantitative estimate of drug-likeness (QED) is 0.259. The fraction of sp³-hybridized carbons (Fsp3) is 0.412. The zero-order chi connectivity index (χ0) is 29.7. The summed E-state index contributed by atoms with van der Waals surface area (Å²) in [6, 6.07) is 19.7. The molecule has 7 heteroatoms. The van der Waals surface area contributed by atoms with E-state index in [0.29, 0.717) is 18.4 Å². The Labute approximate surface area is 244 Å². The van der Waals surface area contributed by atoms with E-state index in [4.69, 9.17) is 0 Å². The highest BCUT2D eigenvalue weighted by Crippen LogP contribution is 2.44. The van der Waals surface area contributed by atoms with Crippen LogP contribution in [0.3, 0.4) is 0 Å². The van der Waals surface area contributed by atoms with Crippen LogP contribution in [0.1, 0.15) is 76.3 Å². The molecule has 1 aliphatic rings. The second kappa shape index (κ2) is 13.2. The summed E-state index contributed by atoms with van der Waals surface area (Å²) in [5.41, 5.74) is 5.19. The number of carbonyl (C=O) groups is 2. The van der Waals surface area contributed by atoms with Gasteiger partial charge < -0.3 is 19.6 Å². The maximum atomic E-state index is 13.8. The Bertz CT molecular complexity index is 1330. The minimum absolute atomic E-state index is 0.0373. The maximum Gasteiger partial charge on any atom is 0.258 e. The number of rotatable bonds is 10. The van der Waals surface area contributed by atoms with E-state index in [-0.39, 0.29) is 29.7 Å². The number of hydrogen-bond donors (Lipinski definition) is 0. The van der Waals surface area contributed by atoms with Gasteiger partial charge in [0.1, 0.15) is 5.82 Å². The highest BCUT2D eigenvalue weighted by molar-refractivity contribution is 6.07. The van der Waals surface area contributed by atoms with Gasteiger partial charge in [0.2, 0.25) is 5.91 Å². The Morgan fingerprint density at radius 2 is 1.32 bits per heavy atom. The molecule has 2 amide bonds. The third-order valence-corrected chi connectivity index (χ3v) is 8.21. The number of fused-ring (bicyclic) bond motifs is 1. The van der Waals surface area contributed by atoms with Crippen LogP contribution in [0.2, 0.25) is 0 Å². The van der Waals surface area contributed by atoms with Crippen LogP contribution in [-0.2, 0) is 4.79 Å². The predicted molar refractivity (Wildman–Crippen MR) is 168 cm³/mol. The van der Waals surface area contributed by atoms with Gasteiger partial charge in [-0.2, -0.15) is 0 Å². The molecule has 0 radical (unpaired) electrons. The zero-order valence-electron chi connectivity index (χ0n) is 25.2. The molecular weight excluding hydrogens is 515 g/mol. The molecule has 41 heavy (non-hydrogen) atoms. The van der Waals surface area contributed by atoms with Crippen molar-refractivity contribution in [1.29, 1.82) is 0 Å². The van der Waals surface area contributed by atoms with Gasteiger partial charge in [-0.1, -0.05) is 6.92 Å². The van der Waals surface area contributed by atoms with E-state index in [1.807, 2.05) is 41.8 Å². The molecule has 0 saturated heterocycles. The predicted octanol–water partition coefficient (Wildman–Crippen LogP) is 7.44. The first-order valence-corrected chi connectivity index (χ1v) is 14.9. The summed E-state index contributed by atoms with van der Waals surface area (Å²) >= 11 is 0. The van der Waals surface area contributed by atoms with Crippen molar-refractivity contribution in [2.24, 2.45) is 0 Å². The van der Waals surface area contributed by atoms with Gasteiger partial charge in [0, 0.05) is 72.5 Å². The van der Waals surface area contributed by atoms with Crippen molar-refractivity contribution in [3.05, 3.63) is 83.7 Å². The van der Waals surface area contributed by atoms with Crippen LogP contribution < -0.4 is 19.6 Å². The molecule has 0 spiro atoms. The van der Waals surface area contributed by atoms with Crippen molar-refractivity contribution in [1.82, 2.24) is 0 Å². The first-order chi connectivity index (χ1) is 19.8. The lowest BCUT2D eigenvalue weighted by molar-refractivity contribution is -0.118. The topological polar surface area (TPSA) is 47.1 Å². The average molecular weight is 559 g/mol. The van der Waals surface area contributed by atoms with Gasteiger partial charge in [-0.3, -0.25) is 9.59 Å². The molecule has 2 unspecified atom stereocenters. The largest absolute Gasteiger partial charge is 0.372 e. The van der Waals surface area contributed by atoms with E-state index in [9.17, 15) is 14.0 Å². The summed E-state index contributed by atoms with van der Waals surface area (Å²) in [5.74, 6) is -0.515. The van der Waals surface area contributed by atoms with E-state index in [1.54, 1.807) is 0 Å². The minimum Gasteiger partial charge on any atom is -0.372 e. The number of hydrogen-bond acceptors (Lipinski definition) is 4.